The summed E-state index contributed by atoms with van der Waals surface area (Å²) in [5.74, 6) is -0.453. The van der Waals surface area contributed by atoms with E-state index in [0.29, 0.717) is 13.0 Å². The molecule has 1 aliphatic rings. The summed E-state index contributed by atoms with van der Waals surface area (Å²) in [5, 5.41) is 2.76. The molecule has 0 saturated carbocycles. The molecule has 1 heterocycles. The van der Waals surface area contributed by atoms with E-state index >= 15 is 0 Å². The monoisotopic (exact) mass is 185 g/mol. The van der Waals surface area contributed by atoms with Crippen LogP contribution in [0.25, 0.3) is 0 Å². The van der Waals surface area contributed by atoms with Crippen molar-refractivity contribution in [2.45, 2.75) is 18.9 Å². The zero-order valence-electron chi connectivity index (χ0n) is 7.75. The number of hydrogen-bond acceptors (Lipinski definition) is 3. The normalized spacial score (nSPS) is 21.9. The number of carbonyl (C=O) groups excluding carboxylic acids is 2. The van der Waals surface area contributed by atoms with Crippen LogP contribution in [-0.2, 0) is 9.59 Å². The van der Waals surface area contributed by atoms with Gasteiger partial charge in [-0.3, -0.25) is 9.59 Å². The van der Waals surface area contributed by atoms with E-state index in [1.807, 2.05) is 0 Å². The summed E-state index contributed by atoms with van der Waals surface area (Å²) in [6.45, 7) is 0.915. The van der Waals surface area contributed by atoms with Crippen molar-refractivity contribution < 1.29 is 9.59 Å². The molecular weight excluding hydrogens is 170 g/mol. The molecule has 5 heteroatoms. The summed E-state index contributed by atoms with van der Waals surface area (Å²) >= 11 is 0. The Bertz CT molecular complexity index is 217. The van der Waals surface area contributed by atoms with Crippen LogP contribution in [0.2, 0.25) is 0 Å². The van der Waals surface area contributed by atoms with Crippen molar-refractivity contribution in [1.29, 1.82) is 0 Å². The fraction of sp³-hybridized carbons (Fsp3) is 0.750. The van der Waals surface area contributed by atoms with E-state index in [-0.39, 0.29) is 18.5 Å². The number of amides is 2. The fourth-order valence-electron chi connectivity index (χ4n) is 1.61. The van der Waals surface area contributed by atoms with E-state index in [9.17, 15) is 9.59 Å². The van der Waals surface area contributed by atoms with Gasteiger partial charge in [0.25, 0.3) is 0 Å². The van der Waals surface area contributed by atoms with Gasteiger partial charge in [0.1, 0.15) is 6.04 Å². The fourth-order valence-corrected chi connectivity index (χ4v) is 1.61. The Labute approximate surface area is 77.3 Å². The van der Waals surface area contributed by atoms with Gasteiger partial charge < -0.3 is 16.0 Å². The molecule has 0 radical (unpaired) electrons. The van der Waals surface area contributed by atoms with Crippen molar-refractivity contribution in [3.8, 4) is 0 Å². The molecule has 0 aromatic rings. The number of nitrogens with two attached hydrogens (primary N) is 1. The van der Waals surface area contributed by atoms with Crippen LogP contribution in [0.1, 0.15) is 12.8 Å². The SMILES string of the molecule is CNCC(=O)N1CCC[C@H]1C(N)=O. The Balaban J connectivity index is 2.57. The first-order chi connectivity index (χ1) is 6.16. The molecule has 0 spiro atoms. The minimum absolute atomic E-state index is 0.0520. The lowest BCUT2D eigenvalue weighted by molar-refractivity contribution is -0.136. The van der Waals surface area contributed by atoms with Crippen molar-refractivity contribution in [3.05, 3.63) is 0 Å². The van der Waals surface area contributed by atoms with Crippen LogP contribution in [0.5, 0.6) is 0 Å². The molecule has 2 amide bonds. The van der Waals surface area contributed by atoms with E-state index in [2.05, 4.69) is 5.32 Å². The molecule has 3 N–H and O–H groups in total. The molecule has 0 bridgehead atoms. The zero-order chi connectivity index (χ0) is 9.84. The van der Waals surface area contributed by atoms with Crippen LogP contribution in [-0.4, -0.2) is 42.9 Å². The maximum Gasteiger partial charge on any atom is 0.240 e. The molecule has 0 aliphatic carbocycles. The number of primary amides is 1. The van der Waals surface area contributed by atoms with Gasteiger partial charge in [-0.05, 0) is 19.9 Å². The van der Waals surface area contributed by atoms with Crippen LogP contribution < -0.4 is 11.1 Å². The van der Waals surface area contributed by atoms with Gasteiger partial charge in [-0.2, -0.15) is 0 Å². The van der Waals surface area contributed by atoms with Crippen molar-refractivity contribution in [2.24, 2.45) is 5.73 Å². The summed E-state index contributed by atoms with van der Waals surface area (Å²) in [7, 11) is 1.70. The predicted molar refractivity (Wildman–Crippen MR) is 47.9 cm³/mol. The molecule has 0 unspecified atom stereocenters. The Morgan fingerprint density at radius 1 is 1.62 bits per heavy atom. The van der Waals surface area contributed by atoms with Crippen LogP contribution in [0.15, 0.2) is 0 Å². The summed E-state index contributed by atoms with van der Waals surface area (Å²) in [6.07, 6.45) is 1.56. The van der Waals surface area contributed by atoms with Gasteiger partial charge >= 0.3 is 0 Å². The molecule has 1 fully saturated rings. The van der Waals surface area contributed by atoms with E-state index < -0.39 is 5.91 Å². The second-order valence-electron chi connectivity index (χ2n) is 3.18. The second-order valence-corrected chi connectivity index (χ2v) is 3.18. The van der Waals surface area contributed by atoms with E-state index in [4.69, 9.17) is 5.73 Å². The minimum Gasteiger partial charge on any atom is -0.368 e. The molecule has 1 atom stereocenters. The number of rotatable bonds is 3. The van der Waals surface area contributed by atoms with Gasteiger partial charge in [0, 0.05) is 6.54 Å². The lowest BCUT2D eigenvalue weighted by atomic mass is 10.2. The maximum absolute atomic E-state index is 11.4. The van der Waals surface area contributed by atoms with Crippen molar-refractivity contribution in [1.82, 2.24) is 10.2 Å². The molecule has 1 rings (SSSR count). The van der Waals surface area contributed by atoms with Crippen LogP contribution in [0, 0.1) is 0 Å². The number of likely N-dealkylation sites (tertiary alicyclic amines) is 1. The van der Waals surface area contributed by atoms with Gasteiger partial charge in [0.15, 0.2) is 0 Å². The minimum atomic E-state index is -0.401. The van der Waals surface area contributed by atoms with Gasteiger partial charge in [-0.25, -0.2) is 0 Å². The average Bonchev–Trinajstić information content (AvgIpc) is 2.52. The predicted octanol–water partition coefficient (Wildman–Crippen LogP) is -1.32. The molecule has 0 aromatic carbocycles. The maximum atomic E-state index is 11.4. The Kier molecular flexibility index (Phi) is 3.25. The van der Waals surface area contributed by atoms with Crippen molar-refractivity contribution in [3.63, 3.8) is 0 Å². The second kappa shape index (κ2) is 4.23. The van der Waals surface area contributed by atoms with E-state index in [1.165, 1.54) is 0 Å². The third-order valence-electron chi connectivity index (χ3n) is 2.23. The van der Waals surface area contributed by atoms with Crippen LogP contribution >= 0.6 is 0 Å². The average molecular weight is 185 g/mol. The quantitative estimate of drug-likeness (QED) is 0.572. The van der Waals surface area contributed by atoms with Gasteiger partial charge in [-0.15, -0.1) is 0 Å². The highest BCUT2D eigenvalue weighted by Gasteiger charge is 2.31. The van der Waals surface area contributed by atoms with E-state index in [0.717, 1.165) is 6.42 Å². The largest absolute Gasteiger partial charge is 0.368 e. The Hall–Kier alpha value is -1.10. The number of hydrogen-bond donors (Lipinski definition) is 2. The Morgan fingerprint density at radius 2 is 2.31 bits per heavy atom. The standard InChI is InChI=1S/C8H15N3O2/c1-10-5-7(12)11-4-2-3-6(11)8(9)13/h6,10H,2-5H2,1H3,(H2,9,13)/t6-/m0/s1. The first kappa shape index (κ1) is 9.98. The summed E-state index contributed by atoms with van der Waals surface area (Å²) < 4.78 is 0. The van der Waals surface area contributed by atoms with Crippen molar-refractivity contribution >= 4 is 11.8 Å². The number of nitrogens with one attached hydrogen (secondary N) is 1. The number of nitrogens with zero attached hydrogens (tertiary/aromatic N) is 1. The number of likely N-dealkylation sites (N-methyl/N-ethyl adjacent to an activating group) is 1. The molecule has 0 aromatic heterocycles. The first-order valence-corrected chi connectivity index (χ1v) is 4.40. The molecule has 1 aliphatic heterocycles. The summed E-state index contributed by atoms with van der Waals surface area (Å²) in [4.78, 5) is 23.9. The lowest BCUT2D eigenvalue weighted by Crippen LogP contribution is -2.46. The third kappa shape index (κ3) is 2.18. The van der Waals surface area contributed by atoms with Gasteiger partial charge in [0.05, 0.1) is 6.54 Å². The third-order valence-corrected chi connectivity index (χ3v) is 2.23. The van der Waals surface area contributed by atoms with Crippen LogP contribution in [0.3, 0.4) is 0 Å². The first-order valence-electron chi connectivity index (χ1n) is 4.40. The van der Waals surface area contributed by atoms with Crippen LogP contribution in [0.4, 0.5) is 0 Å². The molecule has 1 saturated heterocycles. The highest BCUT2D eigenvalue weighted by Crippen LogP contribution is 2.16. The highest BCUT2D eigenvalue weighted by atomic mass is 16.2. The van der Waals surface area contributed by atoms with Crippen molar-refractivity contribution in [2.75, 3.05) is 20.1 Å². The Morgan fingerprint density at radius 3 is 2.85 bits per heavy atom. The molecular formula is C8H15N3O2. The highest BCUT2D eigenvalue weighted by molar-refractivity contribution is 5.87. The smallest absolute Gasteiger partial charge is 0.240 e. The topological polar surface area (TPSA) is 75.4 Å². The van der Waals surface area contributed by atoms with Gasteiger partial charge in [-0.1, -0.05) is 0 Å². The zero-order valence-corrected chi connectivity index (χ0v) is 7.75. The number of carbonyl (C=O) groups is 2. The lowest BCUT2D eigenvalue weighted by Gasteiger charge is -2.21. The summed E-state index contributed by atoms with van der Waals surface area (Å²) in [6, 6.07) is -0.388. The molecule has 74 valence electrons. The molecule has 5 nitrogen and oxygen atoms in total. The summed E-state index contributed by atoms with van der Waals surface area (Å²) in [5.41, 5.74) is 5.17. The van der Waals surface area contributed by atoms with E-state index in [1.54, 1.807) is 11.9 Å². The molecule has 13 heavy (non-hydrogen) atoms. The van der Waals surface area contributed by atoms with Gasteiger partial charge in [0.2, 0.25) is 11.8 Å².